The third-order valence-electron chi connectivity index (χ3n) is 3.14. The standard InChI is InChI=1S/C13H18N2O/c1-15-8-12(9-15)10-2-4-11(5-3-10)13(16)6-7-14/h2-5,12H,6-9,14H2,1H3. The van der Waals surface area contributed by atoms with E-state index in [1.54, 1.807) is 0 Å². The monoisotopic (exact) mass is 218 g/mol. The van der Waals surface area contributed by atoms with Gasteiger partial charge in [-0.3, -0.25) is 4.79 Å². The van der Waals surface area contributed by atoms with Crippen LogP contribution in [0.5, 0.6) is 0 Å². The fraction of sp³-hybridized carbons (Fsp3) is 0.462. The van der Waals surface area contributed by atoms with Gasteiger partial charge in [0.15, 0.2) is 5.78 Å². The number of carbonyl (C=O) groups is 1. The van der Waals surface area contributed by atoms with E-state index in [-0.39, 0.29) is 5.78 Å². The molecule has 1 aromatic rings. The molecule has 0 radical (unpaired) electrons. The molecular weight excluding hydrogens is 200 g/mol. The van der Waals surface area contributed by atoms with Crippen LogP contribution in [0.15, 0.2) is 24.3 Å². The fourth-order valence-corrected chi connectivity index (χ4v) is 2.13. The highest BCUT2D eigenvalue weighted by molar-refractivity contribution is 5.96. The van der Waals surface area contributed by atoms with Crippen LogP contribution in [0.1, 0.15) is 28.3 Å². The third-order valence-corrected chi connectivity index (χ3v) is 3.14. The lowest BCUT2D eigenvalue weighted by Gasteiger charge is -2.36. The first-order chi connectivity index (χ1) is 7.70. The van der Waals surface area contributed by atoms with E-state index in [0.717, 1.165) is 18.7 Å². The van der Waals surface area contributed by atoms with Crippen LogP contribution < -0.4 is 5.73 Å². The molecule has 3 nitrogen and oxygen atoms in total. The molecule has 1 aliphatic heterocycles. The van der Waals surface area contributed by atoms with Crippen LogP contribution >= 0.6 is 0 Å². The maximum atomic E-state index is 11.6. The van der Waals surface area contributed by atoms with Gasteiger partial charge in [-0.1, -0.05) is 24.3 Å². The molecule has 1 fully saturated rings. The second-order valence-electron chi connectivity index (χ2n) is 4.50. The first kappa shape index (κ1) is 11.3. The maximum Gasteiger partial charge on any atom is 0.164 e. The van der Waals surface area contributed by atoms with Gasteiger partial charge >= 0.3 is 0 Å². The molecule has 0 unspecified atom stereocenters. The minimum atomic E-state index is 0.139. The summed E-state index contributed by atoms with van der Waals surface area (Å²) in [6.07, 6.45) is 0.436. The van der Waals surface area contributed by atoms with Gasteiger partial charge in [0.1, 0.15) is 0 Å². The molecule has 1 aromatic carbocycles. The molecule has 0 aliphatic carbocycles. The SMILES string of the molecule is CN1CC(c2ccc(C(=O)CCN)cc2)C1. The van der Waals surface area contributed by atoms with Crippen molar-refractivity contribution >= 4 is 5.78 Å². The Morgan fingerprint density at radius 2 is 2.00 bits per heavy atom. The zero-order valence-electron chi connectivity index (χ0n) is 9.65. The van der Waals surface area contributed by atoms with E-state index in [2.05, 4.69) is 24.1 Å². The molecule has 0 aromatic heterocycles. The Kier molecular flexibility index (Phi) is 3.36. The van der Waals surface area contributed by atoms with E-state index in [4.69, 9.17) is 5.73 Å². The summed E-state index contributed by atoms with van der Waals surface area (Å²) in [5, 5.41) is 0. The van der Waals surface area contributed by atoms with Crippen molar-refractivity contribution in [2.45, 2.75) is 12.3 Å². The lowest BCUT2D eigenvalue weighted by molar-refractivity contribution is 0.0985. The van der Waals surface area contributed by atoms with Gasteiger partial charge in [0.25, 0.3) is 0 Å². The fourth-order valence-electron chi connectivity index (χ4n) is 2.13. The zero-order valence-corrected chi connectivity index (χ0v) is 9.65. The van der Waals surface area contributed by atoms with E-state index in [9.17, 15) is 4.79 Å². The first-order valence-corrected chi connectivity index (χ1v) is 5.72. The highest BCUT2D eigenvalue weighted by Crippen LogP contribution is 2.25. The predicted octanol–water partition coefficient (Wildman–Crippen LogP) is 1.25. The van der Waals surface area contributed by atoms with E-state index in [1.165, 1.54) is 5.56 Å². The summed E-state index contributed by atoms with van der Waals surface area (Å²) in [5.74, 6) is 0.781. The number of ketones is 1. The summed E-state index contributed by atoms with van der Waals surface area (Å²) < 4.78 is 0. The molecule has 0 saturated carbocycles. The minimum Gasteiger partial charge on any atom is -0.330 e. The van der Waals surface area contributed by atoms with Crippen LogP contribution in [0.25, 0.3) is 0 Å². The molecule has 16 heavy (non-hydrogen) atoms. The van der Waals surface area contributed by atoms with Gasteiger partial charge in [-0.15, -0.1) is 0 Å². The molecule has 86 valence electrons. The highest BCUT2D eigenvalue weighted by atomic mass is 16.1. The van der Waals surface area contributed by atoms with Gasteiger partial charge in [-0.05, 0) is 19.2 Å². The summed E-state index contributed by atoms with van der Waals surface area (Å²) >= 11 is 0. The van der Waals surface area contributed by atoms with Crippen molar-refractivity contribution in [2.24, 2.45) is 5.73 Å². The number of likely N-dealkylation sites (N-methyl/N-ethyl adjacent to an activating group) is 1. The second kappa shape index (κ2) is 4.76. The smallest absolute Gasteiger partial charge is 0.164 e. The average molecular weight is 218 g/mol. The summed E-state index contributed by atoms with van der Waals surface area (Å²) in [6.45, 7) is 2.67. The molecule has 0 atom stereocenters. The summed E-state index contributed by atoms with van der Waals surface area (Å²) in [5.41, 5.74) is 7.48. The summed E-state index contributed by atoms with van der Waals surface area (Å²) in [6, 6.07) is 7.99. The average Bonchev–Trinajstić information content (AvgIpc) is 2.25. The van der Waals surface area contributed by atoms with E-state index in [1.807, 2.05) is 12.1 Å². The van der Waals surface area contributed by atoms with Crippen LogP contribution in [-0.4, -0.2) is 37.4 Å². The van der Waals surface area contributed by atoms with E-state index >= 15 is 0 Å². The van der Waals surface area contributed by atoms with Crippen LogP contribution in [-0.2, 0) is 0 Å². The number of likely N-dealkylation sites (tertiary alicyclic amines) is 1. The number of nitrogens with two attached hydrogens (primary N) is 1. The number of carbonyl (C=O) groups excluding carboxylic acids is 1. The molecule has 0 spiro atoms. The Labute approximate surface area is 96.2 Å². The van der Waals surface area contributed by atoms with Crippen molar-refractivity contribution in [3.8, 4) is 0 Å². The lowest BCUT2D eigenvalue weighted by atomic mass is 9.91. The van der Waals surface area contributed by atoms with Gasteiger partial charge in [-0.2, -0.15) is 0 Å². The molecule has 0 amide bonds. The molecule has 1 aliphatic rings. The van der Waals surface area contributed by atoms with Crippen LogP contribution in [0.3, 0.4) is 0 Å². The topological polar surface area (TPSA) is 46.3 Å². The Morgan fingerprint density at radius 1 is 1.38 bits per heavy atom. The number of rotatable bonds is 4. The third kappa shape index (κ3) is 2.31. The first-order valence-electron chi connectivity index (χ1n) is 5.72. The van der Waals surface area contributed by atoms with Gasteiger partial charge in [0.05, 0.1) is 0 Å². The van der Waals surface area contributed by atoms with Gasteiger partial charge in [0.2, 0.25) is 0 Å². The predicted molar refractivity (Wildman–Crippen MR) is 64.7 cm³/mol. The normalized spacial score (nSPS) is 17.1. The van der Waals surface area contributed by atoms with Crippen molar-refractivity contribution in [3.63, 3.8) is 0 Å². The molecule has 0 bridgehead atoms. The number of nitrogens with zero attached hydrogens (tertiary/aromatic N) is 1. The van der Waals surface area contributed by atoms with Crippen molar-refractivity contribution in [3.05, 3.63) is 35.4 Å². The van der Waals surface area contributed by atoms with Crippen LogP contribution in [0.2, 0.25) is 0 Å². The molecule has 1 heterocycles. The number of hydrogen-bond donors (Lipinski definition) is 1. The molecule has 2 rings (SSSR count). The number of benzene rings is 1. The van der Waals surface area contributed by atoms with Crippen LogP contribution in [0.4, 0.5) is 0 Å². The van der Waals surface area contributed by atoms with Crippen molar-refractivity contribution in [2.75, 3.05) is 26.7 Å². The summed E-state index contributed by atoms with van der Waals surface area (Å²) in [4.78, 5) is 13.9. The highest BCUT2D eigenvalue weighted by Gasteiger charge is 2.24. The van der Waals surface area contributed by atoms with Gasteiger partial charge in [0, 0.05) is 31.0 Å². The second-order valence-corrected chi connectivity index (χ2v) is 4.50. The van der Waals surface area contributed by atoms with Gasteiger partial charge in [-0.25, -0.2) is 0 Å². The summed E-state index contributed by atoms with van der Waals surface area (Å²) in [7, 11) is 2.12. The lowest BCUT2D eigenvalue weighted by Crippen LogP contribution is -2.41. The van der Waals surface area contributed by atoms with Crippen LogP contribution in [0, 0.1) is 0 Å². The Morgan fingerprint density at radius 3 is 2.50 bits per heavy atom. The Hall–Kier alpha value is -1.19. The van der Waals surface area contributed by atoms with E-state index in [0.29, 0.717) is 18.9 Å². The largest absolute Gasteiger partial charge is 0.330 e. The van der Waals surface area contributed by atoms with Gasteiger partial charge < -0.3 is 10.6 Å². The quantitative estimate of drug-likeness (QED) is 0.774. The Balaban J connectivity index is 2.02. The van der Waals surface area contributed by atoms with Crippen molar-refractivity contribution < 1.29 is 4.79 Å². The minimum absolute atomic E-state index is 0.139. The van der Waals surface area contributed by atoms with Crippen molar-refractivity contribution in [1.82, 2.24) is 4.90 Å². The number of hydrogen-bond acceptors (Lipinski definition) is 3. The zero-order chi connectivity index (χ0) is 11.5. The maximum absolute atomic E-state index is 11.6. The number of Topliss-reactive ketones (excluding diaryl/α,β-unsaturated/α-hetero) is 1. The Bertz CT molecular complexity index is 366. The molecule has 2 N–H and O–H groups in total. The molecular formula is C13H18N2O. The molecule has 3 heteroatoms. The molecule has 1 saturated heterocycles. The van der Waals surface area contributed by atoms with E-state index < -0.39 is 0 Å². The van der Waals surface area contributed by atoms with Crippen molar-refractivity contribution in [1.29, 1.82) is 0 Å².